The van der Waals surface area contributed by atoms with Gasteiger partial charge in [0, 0.05) is 5.56 Å². The zero-order chi connectivity index (χ0) is 13.9. The second kappa shape index (κ2) is 5.18. The molecule has 2 aromatic heterocycles. The number of hydrogen-bond donors (Lipinski definition) is 2. The number of aromatic nitrogens is 3. The van der Waals surface area contributed by atoms with Crippen LogP contribution in [0.25, 0.3) is 11.3 Å². The van der Waals surface area contributed by atoms with Gasteiger partial charge in [0.05, 0.1) is 18.1 Å². The van der Waals surface area contributed by atoms with E-state index >= 15 is 0 Å². The van der Waals surface area contributed by atoms with E-state index in [9.17, 15) is 0 Å². The average molecular weight is 288 g/mol. The average Bonchev–Trinajstić information content (AvgIpc) is 2.97. The molecular formula is C13H10ClN5O. The van der Waals surface area contributed by atoms with Crippen molar-refractivity contribution < 1.29 is 4.42 Å². The molecule has 0 saturated heterocycles. The van der Waals surface area contributed by atoms with E-state index in [4.69, 9.17) is 21.8 Å². The Morgan fingerprint density at radius 1 is 1.20 bits per heavy atom. The Balaban J connectivity index is 2.01. The summed E-state index contributed by atoms with van der Waals surface area (Å²) in [6.07, 6.45) is 4.46. The zero-order valence-corrected chi connectivity index (χ0v) is 11.0. The van der Waals surface area contributed by atoms with Gasteiger partial charge in [0.2, 0.25) is 5.95 Å². The Kier molecular flexibility index (Phi) is 3.22. The van der Waals surface area contributed by atoms with Crippen LogP contribution >= 0.6 is 11.6 Å². The largest absolute Gasteiger partial charge is 0.443 e. The summed E-state index contributed by atoms with van der Waals surface area (Å²) >= 11 is 6.04. The highest BCUT2D eigenvalue weighted by Crippen LogP contribution is 2.31. The van der Waals surface area contributed by atoms with Crippen molar-refractivity contribution >= 4 is 29.1 Å². The molecule has 0 radical (unpaired) electrons. The Hall–Kier alpha value is -2.60. The fourth-order valence-corrected chi connectivity index (χ4v) is 1.89. The maximum atomic E-state index is 6.04. The summed E-state index contributed by atoms with van der Waals surface area (Å²) in [5.41, 5.74) is 7.19. The Morgan fingerprint density at radius 3 is 2.85 bits per heavy atom. The van der Waals surface area contributed by atoms with E-state index in [0.717, 1.165) is 11.3 Å². The molecule has 0 aliphatic heterocycles. The molecule has 3 N–H and O–H groups in total. The first-order valence-electron chi connectivity index (χ1n) is 5.77. The number of hydrogen-bond acceptors (Lipinski definition) is 6. The normalized spacial score (nSPS) is 10.4. The summed E-state index contributed by atoms with van der Waals surface area (Å²) in [7, 11) is 0. The Morgan fingerprint density at radius 2 is 2.05 bits per heavy atom. The molecule has 2 heterocycles. The highest BCUT2D eigenvalue weighted by atomic mass is 35.5. The second-order valence-electron chi connectivity index (χ2n) is 3.96. The van der Waals surface area contributed by atoms with E-state index in [1.54, 1.807) is 6.20 Å². The molecule has 0 amide bonds. The van der Waals surface area contributed by atoms with Crippen LogP contribution in [-0.2, 0) is 0 Å². The summed E-state index contributed by atoms with van der Waals surface area (Å²) < 4.78 is 5.31. The van der Waals surface area contributed by atoms with E-state index in [1.807, 2.05) is 24.3 Å². The van der Waals surface area contributed by atoms with Crippen molar-refractivity contribution in [1.29, 1.82) is 0 Å². The van der Waals surface area contributed by atoms with Crippen LogP contribution in [0.1, 0.15) is 0 Å². The first-order valence-corrected chi connectivity index (χ1v) is 6.15. The van der Waals surface area contributed by atoms with Gasteiger partial charge < -0.3 is 15.5 Å². The fraction of sp³-hybridized carbons (Fsp3) is 0. The van der Waals surface area contributed by atoms with Crippen molar-refractivity contribution in [1.82, 2.24) is 15.0 Å². The van der Waals surface area contributed by atoms with Gasteiger partial charge in [-0.15, -0.1) is 0 Å². The van der Waals surface area contributed by atoms with Crippen molar-refractivity contribution in [2.75, 3.05) is 11.1 Å². The Bertz CT molecular complexity index is 729. The van der Waals surface area contributed by atoms with E-state index < -0.39 is 0 Å². The monoisotopic (exact) mass is 287 g/mol. The predicted octanol–water partition coefficient (Wildman–Crippen LogP) is 3.11. The van der Waals surface area contributed by atoms with Crippen LogP contribution in [0.3, 0.4) is 0 Å². The summed E-state index contributed by atoms with van der Waals surface area (Å²) in [6, 6.07) is 7.58. The van der Waals surface area contributed by atoms with Gasteiger partial charge in [-0.1, -0.05) is 23.7 Å². The summed E-state index contributed by atoms with van der Waals surface area (Å²) in [5.74, 6) is 1.23. The van der Waals surface area contributed by atoms with Gasteiger partial charge >= 0.3 is 0 Å². The molecular weight excluding hydrogens is 278 g/mol. The van der Waals surface area contributed by atoms with Crippen LogP contribution in [0.4, 0.5) is 17.5 Å². The zero-order valence-electron chi connectivity index (χ0n) is 10.2. The molecule has 0 atom stereocenters. The van der Waals surface area contributed by atoms with Crippen LogP contribution < -0.4 is 11.1 Å². The Labute approximate surface area is 119 Å². The van der Waals surface area contributed by atoms with Crippen molar-refractivity contribution in [2.24, 2.45) is 0 Å². The molecule has 6 nitrogen and oxygen atoms in total. The molecule has 3 rings (SSSR count). The van der Waals surface area contributed by atoms with Gasteiger partial charge in [-0.25, -0.2) is 9.97 Å². The lowest BCUT2D eigenvalue weighted by Gasteiger charge is -2.10. The molecule has 3 aromatic rings. The molecule has 1 aromatic carbocycles. The first-order chi connectivity index (χ1) is 9.74. The lowest BCUT2D eigenvalue weighted by atomic mass is 10.1. The van der Waals surface area contributed by atoms with E-state index in [2.05, 4.69) is 20.3 Å². The predicted molar refractivity (Wildman–Crippen MR) is 76.7 cm³/mol. The van der Waals surface area contributed by atoms with Gasteiger partial charge in [0.1, 0.15) is 5.02 Å². The van der Waals surface area contributed by atoms with Gasteiger partial charge in [0.25, 0.3) is 0 Å². The maximum absolute atomic E-state index is 6.04. The molecule has 100 valence electrons. The minimum absolute atomic E-state index is 0.147. The number of oxazole rings is 1. The maximum Gasteiger partial charge on any atom is 0.222 e. The van der Waals surface area contributed by atoms with E-state index in [0.29, 0.717) is 16.6 Å². The summed E-state index contributed by atoms with van der Waals surface area (Å²) in [6.45, 7) is 0. The molecule has 7 heteroatoms. The third-order valence-electron chi connectivity index (χ3n) is 2.64. The molecule has 0 aliphatic carbocycles. The number of nitrogen functional groups attached to an aromatic ring is 1. The number of para-hydroxylation sites is 1. The van der Waals surface area contributed by atoms with Crippen LogP contribution in [0.15, 0.2) is 47.5 Å². The number of nitrogens with zero attached hydrogens (tertiary/aromatic N) is 3. The quantitative estimate of drug-likeness (QED) is 0.769. The minimum atomic E-state index is 0.147. The van der Waals surface area contributed by atoms with Crippen molar-refractivity contribution in [2.45, 2.75) is 0 Å². The lowest BCUT2D eigenvalue weighted by Crippen LogP contribution is -2.01. The molecule has 0 spiro atoms. The van der Waals surface area contributed by atoms with E-state index in [-0.39, 0.29) is 5.95 Å². The number of benzene rings is 1. The molecule has 0 bridgehead atoms. The van der Waals surface area contributed by atoms with Crippen LogP contribution in [0.2, 0.25) is 5.02 Å². The molecule has 0 fully saturated rings. The topological polar surface area (TPSA) is 89.9 Å². The van der Waals surface area contributed by atoms with Gasteiger partial charge in [0.15, 0.2) is 18.0 Å². The van der Waals surface area contributed by atoms with Gasteiger partial charge in [-0.3, -0.25) is 0 Å². The van der Waals surface area contributed by atoms with Crippen LogP contribution in [0, 0.1) is 0 Å². The highest BCUT2D eigenvalue weighted by molar-refractivity contribution is 6.32. The van der Waals surface area contributed by atoms with Gasteiger partial charge in [-0.05, 0) is 12.1 Å². The van der Waals surface area contributed by atoms with Crippen LogP contribution in [-0.4, -0.2) is 15.0 Å². The molecule has 0 aliphatic rings. The summed E-state index contributed by atoms with van der Waals surface area (Å²) in [4.78, 5) is 11.8. The number of halogens is 1. The van der Waals surface area contributed by atoms with Crippen molar-refractivity contribution in [3.05, 3.63) is 48.1 Å². The second-order valence-corrected chi connectivity index (χ2v) is 4.37. The van der Waals surface area contributed by atoms with Crippen molar-refractivity contribution in [3.8, 4) is 11.3 Å². The first kappa shape index (κ1) is 12.4. The summed E-state index contributed by atoms with van der Waals surface area (Å²) in [5, 5.41) is 3.50. The fourth-order valence-electron chi connectivity index (χ4n) is 1.75. The minimum Gasteiger partial charge on any atom is -0.443 e. The van der Waals surface area contributed by atoms with Crippen molar-refractivity contribution in [3.63, 3.8) is 0 Å². The standard InChI is InChI=1S/C13H10ClN5O/c14-9-5-17-13(15)19-12(9)18-10-4-2-1-3-8(10)11-6-16-7-20-11/h1-7H,(H3,15,17,18,19). The number of rotatable bonds is 3. The SMILES string of the molecule is Nc1ncc(Cl)c(Nc2ccccc2-c2cnco2)n1. The number of anilines is 3. The third kappa shape index (κ3) is 2.41. The number of nitrogens with one attached hydrogen (secondary N) is 1. The molecule has 0 unspecified atom stereocenters. The highest BCUT2D eigenvalue weighted by Gasteiger charge is 2.10. The third-order valence-corrected chi connectivity index (χ3v) is 2.92. The van der Waals surface area contributed by atoms with Crippen LogP contribution in [0.5, 0.6) is 0 Å². The smallest absolute Gasteiger partial charge is 0.222 e. The molecule has 20 heavy (non-hydrogen) atoms. The molecule has 0 saturated carbocycles. The number of nitrogens with two attached hydrogens (primary N) is 1. The lowest BCUT2D eigenvalue weighted by molar-refractivity contribution is 0.572. The van der Waals surface area contributed by atoms with Gasteiger partial charge in [-0.2, -0.15) is 4.98 Å². The van der Waals surface area contributed by atoms with E-state index in [1.165, 1.54) is 12.6 Å².